The van der Waals surface area contributed by atoms with Gasteiger partial charge in [-0.25, -0.2) is 13.1 Å². The molecule has 2 aliphatic rings. The van der Waals surface area contributed by atoms with Crippen LogP contribution in [-0.2, 0) is 21.7 Å². The molecule has 0 unspecified atom stereocenters. The van der Waals surface area contributed by atoms with Gasteiger partial charge in [0.05, 0.1) is 40.4 Å². The van der Waals surface area contributed by atoms with Gasteiger partial charge in [-0.05, 0) is 20.3 Å². The van der Waals surface area contributed by atoms with Crippen LogP contribution in [0.5, 0.6) is 0 Å². The number of anilines is 1. The summed E-state index contributed by atoms with van der Waals surface area (Å²) in [4.78, 5) is 12.3. The molecule has 10 heteroatoms. The number of amides is 1. The molecule has 1 N–H and O–H groups in total. The highest BCUT2D eigenvalue weighted by Gasteiger charge is 2.36. The standard InChI is InChI=1S/C16H21N5O3S2/c1-9-14-15(12-6-17-20(3)10(12)2)25-7-13(22)18-16(14)21(19-9)11-4-5-26(23,24)8-11/h6,11,15H,4-5,7-8H2,1-3H3,(H,18,22)/t11-,15+/m1/s1. The van der Waals surface area contributed by atoms with E-state index >= 15 is 0 Å². The lowest BCUT2D eigenvalue weighted by atomic mass is 10.0. The minimum absolute atomic E-state index is 0.0654. The highest BCUT2D eigenvalue weighted by Crippen LogP contribution is 2.45. The smallest absolute Gasteiger partial charge is 0.235 e. The molecule has 2 aromatic heterocycles. The first-order chi connectivity index (χ1) is 12.3. The summed E-state index contributed by atoms with van der Waals surface area (Å²) < 4.78 is 27.4. The first-order valence-electron chi connectivity index (χ1n) is 8.46. The summed E-state index contributed by atoms with van der Waals surface area (Å²) >= 11 is 1.55. The second-order valence-corrected chi connectivity index (χ2v) is 10.2. The molecule has 1 saturated heterocycles. The van der Waals surface area contributed by atoms with Crippen molar-refractivity contribution >= 4 is 33.3 Å². The molecule has 0 radical (unpaired) electrons. The quantitative estimate of drug-likeness (QED) is 0.825. The largest absolute Gasteiger partial charge is 0.310 e. The molecule has 2 aromatic rings. The molecule has 26 heavy (non-hydrogen) atoms. The highest BCUT2D eigenvalue weighted by atomic mass is 32.2. The van der Waals surface area contributed by atoms with Crippen molar-refractivity contribution < 1.29 is 13.2 Å². The number of nitrogens with one attached hydrogen (secondary N) is 1. The van der Waals surface area contributed by atoms with Gasteiger partial charge in [0, 0.05) is 23.9 Å². The van der Waals surface area contributed by atoms with Crippen LogP contribution < -0.4 is 5.32 Å². The van der Waals surface area contributed by atoms with Gasteiger partial charge < -0.3 is 5.32 Å². The lowest BCUT2D eigenvalue weighted by molar-refractivity contribution is -0.113. The monoisotopic (exact) mass is 395 g/mol. The second-order valence-electron chi connectivity index (χ2n) is 6.90. The minimum atomic E-state index is -3.04. The Hall–Kier alpha value is -1.81. The van der Waals surface area contributed by atoms with Crippen molar-refractivity contribution in [2.45, 2.75) is 31.6 Å². The van der Waals surface area contributed by atoms with Gasteiger partial charge in [-0.2, -0.15) is 10.2 Å². The highest BCUT2D eigenvalue weighted by molar-refractivity contribution is 8.00. The third kappa shape index (κ3) is 2.84. The Bertz CT molecular complexity index is 992. The van der Waals surface area contributed by atoms with Crippen LogP contribution in [0.4, 0.5) is 5.82 Å². The molecule has 1 fully saturated rings. The van der Waals surface area contributed by atoms with Crippen molar-refractivity contribution in [3.8, 4) is 0 Å². The molecule has 140 valence electrons. The van der Waals surface area contributed by atoms with Gasteiger partial charge >= 0.3 is 0 Å². The molecule has 0 saturated carbocycles. The van der Waals surface area contributed by atoms with Crippen LogP contribution in [0, 0.1) is 13.8 Å². The normalized spacial score (nSPS) is 25.0. The fourth-order valence-corrected chi connectivity index (χ4v) is 6.60. The fourth-order valence-electron chi connectivity index (χ4n) is 3.66. The first-order valence-corrected chi connectivity index (χ1v) is 11.3. The van der Waals surface area contributed by atoms with Crippen molar-refractivity contribution in [3.05, 3.63) is 28.7 Å². The maximum Gasteiger partial charge on any atom is 0.235 e. The van der Waals surface area contributed by atoms with Crippen LogP contribution in [0.2, 0.25) is 0 Å². The fraction of sp³-hybridized carbons (Fsp3) is 0.562. The summed E-state index contributed by atoms with van der Waals surface area (Å²) in [7, 11) is -1.15. The minimum Gasteiger partial charge on any atom is -0.310 e. The number of thioether (sulfide) groups is 1. The molecule has 4 rings (SSSR count). The zero-order valence-corrected chi connectivity index (χ0v) is 16.5. The molecular formula is C16H21N5O3S2. The second kappa shape index (κ2) is 6.12. The Morgan fingerprint density at radius 2 is 2.12 bits per heavy atom. The number of rotatable bonds is 2. The molecule has 0 aromatic carbocycles. The van der Waals surface area contributed by atoms with E-state index in [2.05, 4.69) is 15.5 Å². The average Bonchev–Trinajstić information content (AvgIpc) is 3.15. The van der Waals surface area contributed by atoms with E-state index in [4.69, 9.17) is 0 Å². The number of hydrogen-bond donors (Lipinski definition) is 1. The van der Waals surface area contributed by atoms with E-state index in [-0.39, 0.29) is 28.7 Å². The number of carbonyl (C=O) groups excluding carboxylic acids is 1. The van der Waals surface area contributed by atoms with Gasteiger partial charge in [0.2, 0.25) is 5.91 Å². The molecule has 0 bridgehead atoms. The van der Waals surface area contributed by atoms with Gasteiger partial charge in [0.15, 0.2) is 9.84 Å². The van der Waals surface area contributed by atoms with Crippen LogP contribution in [0.1, 0.15) is 40.2 Å². The van der Waals surface area contributed by atoms with Gasteiger partial charge in [0.25, 0.3) is 0 Å². The van der Waals surface area contributed by atoms with E-state index in [1.807, 2.05) is 31.8 Å². The number of nitrogens with zero attached hydrogens (tertiary/aromatic N) is 4. The number of hydrogen-bond acceptors (Lipinski definition) is 6. The molecule has 8 nitrogen and oxygen atoms in total. The lowest BCUT2D eigenvalue weighted by Gasteiger charge is -2.16. The Kier molecular flexibility index (Phi) is 4.14. The van der Waals surface area contributed by atoms with Crippen LogP contribution in [0.25, 0.3) is 0 Å². The predicted octanol–water partition coefficient (Wildman–Crippen LogP) is 1.37. The Morgan fingerprint density at radius 3 is 2.73 bits per heavy atom. The van der Waals surface area contributed by atoms with E-state index in [9.17, 15) is 13.2 Å². The predicted molar refractivity (Wildman–Crippen MR) is 100 cm³/mol. The van der Waals surface area contributed by atoms with Gasteiger partial charge in [0.1, 0.15) is 5.82 Å². The first kappa shape index (κ1) is 17.6. The molecule has 2 atom stereocenters. The number of aromatic nitrogens is 4. The molecule has 0 spiro atoms. The van der Waals surface area contributed by atoms with Crippen LogP contribution in [0.3, 0.4) is 0 Å². The number of carbonyl (C=O) groups is 1. The van der Waals surface area contributed by atoms with Gasteiger partial charge in [-0.1, -0.05) is 0 Å². The summed E-state index contributed by atoms with van der Waals surface area (Å²) in [6.07, 6.45) is 2.36. The zero-order chi connectivity index (χ0) is 18.6. The summed E-state index contributed by atoms with van der Waals surface area (Å²) in [5, 5.41) is 11.9. The summed E-state index contributed by atoms with van der Waals surface area (Å²) in [5.41, 5.74) is 3.85. The number of sulfone groups is 1. The van der Waals surface area contributed by atoms with E-state index < -0.39 is 9.84 Å². The SMILES string of the molecule is Cc1nn([C@@H]2CCS(=O)(=O)C2)c2c1[C@H](c1cnn(C)c1C)SCC(=O)N2. The third-order valence-corrected chi connectivity index (χ3v) is 8.14. The topological polar surface area (TPSA) is 98.9 Å². The summed E-state index contributed by atoms with van der Waals surface area (Å²) in [5.74, 6) is 1.10. The Balaban J connectivity index is 1.84. The molecule has 1 amide bonds. The maximum atomic E-state index is 12.3. The van der Waals surface area contributed by atoms with Crippen molar-refractivity contribution in [2.75, 3.05) is 22.6 Å². The van der Waals surface area contributed by atoms with E-state index in [1.165, 1.54) is 0 Å². The maximum absolute atomic E-state index is 12.3. The van der Waals surface area contributed by atoms with E-state index in [0.29, 0.717) is 18.0 Å². The molecule has 4 heterocycles. The lowest BCUT2D eigenvalue weighted by Crippen LogP contribution is -2.20. The van der Waals surface area contributed by atoms with Gasteiger partial charge in [-0.3, -0.25) is 9.48 Å². The van der Waals surface area contributed by atoms with Crippen LogP contribution in [-0.4, -0.2) is 51.1 Å². The molecule has 2 aliphatic heterocycles. The zero-order valence-electron chi connectivity index (χ0n) is 14.9. The Labute approximate surface area is 156 Å². The van der Waals surface area contributed by atoms with Crippen molar-refractivity contribution in [3.63, 3.8) is 0 Å². The summed E-state index contributed by atoms with van der Waals surface area (Å²) in [6, 6.07) is -0.235. The number of fused-ring (bicyclic) bond motifs is 1. The van der Waals surface area contributed by atoms with Crippen molar-refractivity contribution in [2.24, 2.45) is 7.05 Å². The Morgan fingerprint density at radius 1 is 1.35 bits per heavy atom. The third-order valence-electron chi connectivity index (χ3n) is 5.14. The average molecular weight is 396 g/mol. The van der Waals surface area contributed by atoms with Crippen molar-refractivity contribution in [1.29, 1.82) is 0 Å². The van der Waals surface area contributed by atoms with Crippen molar-refractivity contribution in [1.82, 2.24) is 19.6 Å². The molecule has 0 aliphatic carbocycles. The van der Waals surface area contributed by atoms with Gasteiger partial charge in [-0.15, -0.1) is 11.8 Å². The van der Waals surface area contributed by atoms with Crippen LogP contribution in [0.15, 0.2) is 6.20 Å². The van der Waals surface area contributed by atoms with Crippen LogP contribution >= 0.6 is 11.8 Å². The van der Waals surface area contributed by atoms with E-state index in [0.717, 1.165) is 22.5 Å². The summed E-state index contributed by atoms with van der Waals surface area (Å²) in [6.45, 7) is 3.92. The molecular weight excluding hydrogens is 374 g/mol. The van der Waals surface area contributed by atoms with E-state index in [1.54, 1.807) is 16.4 Å². The number of aryl methyl sites for hydroxylation is 2.